The van der Waals surface area contributed by atoms with E-state index >= 15 is 0 Å². The van der Waals surface area contributed by atoms with E-state index in [-0.39, 0.29) is 17.9 Å². The van der Waals surface area contributed by atoms with E-state index in [2.05, 4.69) is 35.6 Å². The van der Waals surface area contributed by atoms with Gasteiger partial charge in [-0.15, -0.1) is 0 Å². The van der Waals surface area contributed by atoms with Crippen LogP contribution in [0.2, 0.25) is 5.15 Å². The van der Waals surface area contributed by atoms with E-state index in [0.717, 1.165) is 51.0 Å². The molecule has 0 saturated carbocycles. The van der Waals surface area contributed by atoms with Gasteiger partial charge >= 0.3 is 0 Å². The van der Waals surface area contributed by atoms with E-state index in [0.29, 0.717) is 48.0 Å². The molecule has 1 aromatic heterocycles. The summed E-state index contributed by atoms with van der Waals surface area (Å²) in [5.41, 5.74) is 0. The topological polar surface area (TPSA) is 69.6 Å². The van der Waals surface area contributed by atoms with Gasteiger partial charge in [0, 0.05) is 51.3 Å². The van der Waals surface area contributed by atoms with Crippen LogP contribution in [0.5, 0.6) is 0 Å². The normalized spacial score (nSPS) is 20.0. The van der Waals surface area contributed by atoms with E-state index in [1.807, 2.05) is 9.80 Å². The van der Waals surface area contributed by atoms with E-state index in [4.69, 9.17) is 11.6 Å². The number of halogens is 1. The molecule has 3 heterocycles. The fourth-order valence-electron chi connectivity index (χ4n) is 4.29. The number of aromatic nitrogens is 2. The fourth-order valence-corrected chi connectivity index (χ4v) is 5.28. The first-order valence-electron chi connectivity index (χ1n) is 11.9. The zero-order chi connectivity index (χ0) is 23.1. The Labute approximate surface area is 201 Å². The summed E-state index contributed by atoms with van der Waals surface area (Å²) in [5.74, 6) is 2.16. The Hall–Kier alpha value is -1.54. The summed E-state index contributed by atoms with van der Waals surface area (Å²) in [6.07, 6.45) is 5.94. The van der Waals surface area contributed by atoms with Crippen molar-refractivity contribution in [2.45, 2.75) is 70.5 Å². The molecule has 3 rings (SSSR count). The summed E-state index contributed by atoms with van der Waals surface area (Å²) in [6.45, 7) is 10.2. The van der Waals surface area contributed by atoms with Gasteiger partial charge in [-0.25, -0.2) is 9.97 Å². The molecule has 2 aliphatic heterocycles. The lowest BCUT2D eigenvalue weighted by molar-refractivity contribution is -0.133. The maximum absolute atomic E-state index is 12.6. The maximum Gasteiger partial charge on any atom is 0.233 e. The predicted octanol–water partition coefficient (Wildman–Crippen LogP) is 4.10. The van der Waals surface area contributed by atoms with Crippen LogP contribution < -0.4 is 4.90 Å². The van der Waals surface area contributed by atoms with Crippen molar-refractivity contribution in [3.63, 3.8) is 0 Å². The predicted molar refractivity (Wildman–Crippen MR) is 130 cm³/mol. The molecule has 2 amide bonds. The standard InChI is InChI=1S/C23H36ClN5O2S/c1-4-5-6-7-21(30)29-13-12-28(15-18(29)3)20-14-19(24)25-23(26-20)32-16-22(31)27-10-8-17(2)9-11-27/h14,17-18H,4-13,15-16H2,1-3H3. The number of hydrogen-bond donors (Lipinski definition) is 0. The van der Waals surface area contributed by atoms with Crippen LogP contribution in [0, 0.1) is 5.92 Å². The average Bonchev–Trinajstić information content (AvgIpc) is 2.77. The van der Waals surface area contributed by atoms with Crippen molar-refractivity contribution in [2.75, 3.05) is 43.4 Å². The molecule has 7 nitrogen and oxygen atoms in total. The number of piperidine rings is 1. The lowest BCUT2D eigenvalue weighted by Gasteiger charge is -2.40. The van der Waals surface area contributed by atoms with Gasteiger partial charge in [-0.2, -0.15) is 0 Å². The summed E-state index contributed by atoms with van der Waals surface area (Å²) in [6, 6.07) is 1.89. The number of carbonyl (C=O) groups excluding carboxylic acids is 2. The quantitative estimate of drug-likeness (QED) is 0.241. The molecular formula is C23H36ClN5O2S. The van der Waals surface area contributed by atoms with Gasteiger partial charge < -0.3 is 14.7 Å². The number of nitrogens with zero attached hydrogens (tertiary/aromatic N) is 5. The second-order valence-corrected chi connectivity index (χ2v) is 10.4. The SMILES string of the molecule is CCCCCC(=O)N1CCN(c2cc(Cl)nc(SCC(=O)N3CCC(C)CC3)n2)CC1C. The number of piperazine rings is 1. The largest absolute Gasteiger partial charge is 0.353 e. The van der Waals surface area contributed by atoms with Gasteiger partial charge in [0.1, 0.15) is 11.0 Å². The number of hydrogen-bond acceptors (Lipinski definition) is 6. The fraction of sp³-hybridized carbons (Fsp3) is 0.739. The van der Waals surface area contributed by atoms with Crippen molar-refractivity contribution in [3.8, 4) is 0 Å². The van der Waals surface area contributed by atoms with Gasteiger partial charge in [0.2, 0.25) is 11.8 Å². The van der Waals surface area contributed by atoms with Crippen LogP contribution in [0.3, 0.4) is 0 Å². The molecule has 2 aliphatic rings. The Balaban J connectivity index is 1.55. The molecule has 2 fully saturated rings. The number of rotatable bonds is 8. The van der Waals surface area contributed by atoms with Crippen molar-refractivity contribution in [2.24, 2.45) is 5.92 Å². The smallest absolute Gasteiger partial charge is 0.233 e. The molecule has 1 aromatic rings. The molecule has 0 N–H and O–H groups in total. The van der Waals surface area contributed by atoms with Crippen LogP contribution in [0.1, 0.15) is 59.3 Å². The molecule has 9 heteroatoms. The summed E-state index contributed by atoms with van der Waals surface area (Å²) in [4.78, 5) is 40.2. The number of likely N-dealkylation sites (tertiary alicyclic amines) is 1. The summed E-state index contributed by atoms with van der Waals surface area (Å²) in [5, 5.41) is 0.902. The van der Waals surface area contributed by atoms with E-state index in [1.165, 1.54) is 11.8 Å². The van der Waals surface area contributed by atoms with Crippen LogP contribution in [0.25, 0.3) is 0 Å². The maximum atomic E-state index is 12.6. The molecular weight excluding hydrogens is 446 g/mol. The third-order valence-corrected chi connectivity index (χ3v) is 7.41. The number of carbonyl (C=O) groups is 2. The molecule has 178 valence electrons. The van der Waals surface area contributed by atoms with Crippen LogP contribution in [0.4, 0.5) is 5.82 Å². The minimum atomic E-state index is 0.116. The third-order valence-electron chi connectivity index (χ3n) is 6.39. The highest BCUT2D eigenvalue weighted by Gasteiger charge is 2.28. The second-order valence-electron chi connectivity index (χ2n) is 9.02. The second kappa shape index (κ2) is 12.1. The van der Waals surface area contributed by atoms with Gasteiger partial charge in [-0.3, -0.25) is 9.59 Å². The van der Waals surface area contributed by atoms with Crippen molar-refractivity contribution < 1.29 is 9.59 Å². The van der Waals surface area contributed by atoms with Gasteiger partial charge in [0.05, 0.1) is 5.75 Å². The molecule has 1 unspecified atom stereocenters. The number of amides is 2. The van der Waals surface area contributed by atoms with Crippen molar-refractivity contribution in [1.29, 1.82) is 0 Å². The first kappa shape index (κ1) is 25.1. The molecule has 0 radical (unpaired) electrons. The molecule has 32 heavy (non-hydrogen) atoms. The van der Waals surface area contributed by atoms with Gasteiger partial charge in [0.15, 0.2) is 5.16 Å². The highest BCUT2D eigenvalue weighted by atomic mass is 35.5. The molecule has 0 aromatic carbocycles. The zero-order valence-corrected chi connectivity index (χ0v) is 21.1. The molecule has 0 bridgehead atoms. The highest BCUT2D eigenvalue weighted by Crippen LogP contribution is 2.25. The van der Waals surface area contributed by atoms with E-state index in [9.17, 15) is 9.59 Å². The Morgan fingerprint density at radius 1 is 1.09 bits per heavy atom. The Kier molecular flexibility index (Phi) is 9.46. The lowest BCUT2D eigenvalue weighted by atomic mass is 9.99. The first-order valence-corrected chi connectivity index (χ1v) is 13.2. The summed E-state index contributed by atoms with van der Waals surface area (Å²) >= 11 is 7.63. The van der Waals surface area contributed by atoms with Crippen molar-refractivity contribution in [3.05, 3.63) is 11.2 Å². The molecule has 2 saturated heterocycles. The third kappa shape index (κ3) is 6.98. The van der Waals surface area contributed by atoms with Crippen LogP contribution in [-0.2, 0) is 9.59 Å². The summed E-state index contributed by atoms with van der Waals surface area (Å²) < 4.78 is 0. The molecule has 1 atom stereocenters. The first-order chi connectivity index (χ1) is 15.4. The van der Waals surface area contributed by atoms with Gasteiger partial charge in [0.25, 0.3) is 0 Å². The average molecular weight is 482 g/mol. The molecule has 0 spiro atoms. The minimum absolute atomic E-state index is 0.116. The zero-order valence-electron chi connectivity index (χ0n) is 19.6. The number of thioether (sulfide) groups is 1. The van der Waals surface area contributed by atoms with Gasteiger partial charge in [-0.05, 0) is 32.1 Å². The number of unbranched alkanes of at least 4 members (excludes halogenated alkanes) is 2. The van der Waals surface area contributed by atoms with Crippen LogP contribution in [-0.4, -0.2) is 76.1 Å². The Morgan fingerprint density at radius 3 is 2.53 bits per heavy atom. The Morgan fingerprint density at radius 2 is 1.84 bits per heavy atom. The van der Waals surface area contributed by atoms with E-state index in [1.54, 1.807) is 6.07 Å². The lowest BCUT2D eigenvalue weighted by Crippen LogP contribution is -2.54. The number of anilines is 1. The molecule has 0 aliphatic carbocycles. The Bertz CT molecular complexity index is 788. The van der Waals surface area contributed by atoms with E-state index < -0.39 is 0 Å². The highest BCUT2D eigenvalue weighted by molar-refractivity contribution is 7.99. The van der Waals surface area contributed by atoms with Crippen LogP contribution in [0.15, 0.2) is 11.2 Å². The van der Waals surface area contributed by atoms with Gasteiger partial charge in [-0.1, -0.05) is 50.1 Å². The van der Waals surface area contributed by atoms with Crippen molar-refractivity contribution >= 4 is 41.0 Å². The minimum Gasteiger partial charge on any atom is -0.353 e. The summed E-state index contributed by atoms with van der Waals surface area (Å²) in [7, 11) is 0. The van der Waals surface area contributed by atoms with Crippen molar-refractivity contribution in [1.82, 2.24) is 19.8 Å². The van der Waals surface area contributed by atoms with Crippen LogP contribution >= 0.6 is 23.4 Å². The monoisotopic (exact) mass is 481 g/mol.